The van der Waals surface area contributed by atoms with Crippen LogP contribution in [0.5, 0.6) is 11.5 Å². The molecule has 23 heteroatoms. The minimum Gasteiger partial charge on any atom is -0.489 e. The number of H-pyrrole nitrogens is 1. The number of aromatic nitrogens is 2. The summed E-state index contributed by atoms with van der Waals surface area (Å²) < 4.78 is 17.5. The third-order valence-electron chi connectivity index (χ3n) is 29.7. The lowest BCUT2D eigenvalue weighted by Crippen LogP contribution is -2.49. The van der Waals surface area contributed by atoms with E-state index in [-0.39, 0.29) is 101 Å². The average Bonchev–Trinajstić information content (AvgIpc) is 1.53. The molecule has 10 fully saturated rings. The zero-order valence-electron chi connectivity index (χ0n) is 80.6. The molecule has 698 valence electrons. The average molecular weight is 1760 g/mol. The maximum atomic E-state index is 11.9. The molecule has 0 amide bonds. The number of aromatic amines is 1. The Hall–Kier alpha value is -8.46. The van der Waals surface area contributed by atoms with E-state index in [1.54, 1.807) is 68.6 Å². The van der Waals surface area contributed by atoms with Crippen molar-refractivity contribution in [3.05, 3.63) is 186 Å². The van der Waals surface area contributed by atoms with Gasteiger partial charge in [-0.2, -0.15) is 0 Å². The zero-order valence-corrected chi connectivity index (χ0v) is 80.6. The number of ketones is 9. The van der Waals surface area contributed by atoms with Gasteiger partial charge in [0.25, 0.3) is 0 Å². The van der Waals surface area contributed by atoms with Crippen molar-refractivity contribution in [1.29, 1.82) is 0 Å². The molecule has 0 spiro atoms. The van der Waals surface area contributed by atoms with Crippen molar-refractivity contribution in [2.75, 3.05) is 109 Å². The molecule has 1 aromatic heterocycles. The highest BCUT2D eigenvalue weighted by Crippen LogP contribution is 2.64. The molecule has 0 bridgehead atoms. The Bertz CT molecular complexity index is 4470. The number of carbonyl (C=O) groups is 9. The SMILES string of the molecule is CC(=O)[C@@H]1C[C@@H](Oc2ccccc2)CN1C.CC(=O)[C@@H]1C[C@H](OCc2ccccc2)CN1C.CC(=O)[C@@H]1C[C@H](Oc2ccccc2)CN1C.CC(=O)[C@@H]1Cc2ccccc2CN1C.CC(=O)[C@@H]1Cc2nc[nH]c2CN1C.CC(=O)[C@@H]1[C@@H]2CCC[C@@H]2CN1C.CC(=O)[C@@H]1[C@H]2CCC[C@H]2CN1C.CC(=O)[C@@H]1[C@H]2[C@@H](CN1C)C2(C)C.CC(=O)[C@]1(Cc2ccccc2)CCCN1C. The molecule has 6 aromatic rings. The molecule has 5 aromatic carbocycles. The van der Waals surface area contributed by atoms with E-state index in [0.717, 1.165) is 151 Å². The van der Waals surface area contributed by atoms with Gasteiger partial charge in [0, 0.05) is 71.6 Å². The van der Waals surface area contributed by atoms with Crippen molar-refractivity contribution < 1.29 is 57.4 Å². The fraction of sp³-hybridized carbons (Fsp3) is 0.600. The summed E-state index contributed by atoms with van der Waals surface area (Å²) in [4.78, 5) is 129. The van der Waals surface area contributed by atoms with Gasteiger partial charge in [-0.1, -0.05) is 148 Å². The second-order valence-corrected chi connectivity index (χ2v) is 39.4. The Balaban J connectivity index is 0.000000150. The second-order valence-electron chi connectivity index (χ2n) is 39.4. The number of fused-ring (bicyclic) bond motifs is 5. The Kier molecular flexibility index (Phi) is 37.4. The van der Waals surface area contributed by atoms with Gasteiger partial charge < -0.3 is 19.2 Å². The number of imidazole rings is 1. The number of hydrogen-bond acceptors (Lipinski definition) is 22. The number of para-hydroxylation sites is 2. The maximum Gasteiger partial charge on any atom is 0.150 e. The number of rotatable bonds is 18. The van der Waals surface area contributed by atoms with Crippen LogP contribution >= 0.6 is 0 Å². The molecule has 10 heterocycles. The fourth-order valence-corrected chi connectivity index (χ4v) is 22.7. The lowest BCUT2D eigenvalue weighted by Gasteiger charge is -2.34. The van der Waals surface area contributed by atoms with E-state index in [1.807, 2.05) is 138 Å². The lowest BCUT2D eigenvalue weighted by molar-refractivity contribution is -0.127. The van der Waals surface area contributed by atoms with Gasteiger partial charge in [-0.15, -0.1) is 0 Å². The highest BCUT2D eigenvalue weighted by molar-refractivity contribution is 5.87. The molecule has 128 heavy (non-hydrogen) atoms. The molecule has 3 saturated carbocycles. The van der Waals surface area contributed by atoms with Crippen LogP contribution in [-0.2, 0) is 86.8 Å². The first kappa shape index (κ1) is 102. The number of Topliss-reactive ketones (excluding diaryl/α,β-unsaturated/α-hetero) is 9. The Morgan fingerprint density at radius 1 is 0.406 bits per heavy atom. The summed E-state index contributed by atoms with van der Waals surface area (Å²) >= 11 is 0. The van der Waals surface area contributed by atoms with Crippen LogP contribution in [0.1, 0.15) is 180 Å². The first-order valence-corrected chi connectivity index (χ1v) is 47.0. The minimum atomic E-state index is -0.249. The summed E-state index contributed by atoms with van der Waals surface area (Å²) in [6, 6.07) is 49.2. The Morgan fingerprint density at radius 3 is 1.23 bits per heavy atom. The number of benzene rings is 5. The van der Waals surface area contributed by atoms with Crippen molar-refractivity contribution in [3.8, 4) is 11.5 Å². The van der Waals surface area contributed by atoms with E-state index >= 15 is 0 Å². The number of hydrogen-bond donors (Lipinski definition) is 1. The Labute approximate surface area is 764 Å². The van der Waals surface area contributed by atoms with Crippen LogP contribution in [0.3, 0.4) is 0 Å². The molecule has 0 unspecified atom stereocenters. The van der Waals surface area contributed by atoms with Gasteiger partial charge in [-0.25, -0.2) is 4.98 Å². The van der Waals surface area contributed by atoms with E-state index in [2.05, 4.69) is 139 Å². The van der Waals surface area contributed by atoms with Crippen LogP contribution in [0.25, 0.3) is 0 Å². The first-order chi connectivity index (χ1) is 60.9. The second kappa shape index (κ2) is 47.1. The van der Waals surface area contributed by atoms with Gasteiger partial charge in [0.05, 0.1) is 84.3 Å². The number of nitrogens with one attached hydrogen (secondary N) is 1. The predicted octanol–water partition coefficient (Wildman–Crippen LogP) is 13.4. The predicted molar refractivity (Wildman–Crippen MR) is 505 cm³/mol. The van der Waals surface area contributed by atoms with Gasteiger partial charge in [0.2, 0.25) is 0 Å². The number of carbonyl (C=O) groups excluding carboxylic acids is 9. The van der Waals surface area contributed by atoms with Crippen LogP contribution in [0, 0.1) is 40.9 Å². The molecule has 18 atom stereocenters. The van der Waals surface area contributed by atoms with Gasteiger partial charge in [-0.05, 0) is 278 Å². The first-order valence-electron chi connectivity index (χ1n) is 47.0. The topological polar surface area (TPSA) is 239 Å². The van der Waals surface area contributed by atoms with Crippen LogP contribution < -0.4 is 9.47 Å². The van der Waals surface area contributed by atoms with Crippen molar-refractivity contribution in [1.82, 2.24) is 54.1 Å². The van der Waals surface area contributed by atoms with Gasteiger partial charge in [0.15, 0.2) is 0 Å². The number of likely N-dealkylation sites (tertiary alicyclic amines) is 7. The lowest BCUT2D eigenvalue weighted by atomic mass is 9.85. The van der Waals surface area contributed by atoms with Crippen molar-refractivity contribution >= 4 is 52.0 Å². The van der Waals surface area contributed by atoms with Gasteiger partial charge in [0.1, 0.15) is 75.8 Å². The van der Waals surface area contributed by atoms with E-state index in [0.29, 0.717) is 52.9 Å². The smallest absolute Gasteiger partial charge is 0.150 e. The fourth-order valence-electron chi connectivity index (χ4n) is 22.7. The van der Waals surface area contributed by atoms with Crippen LogP contribution in [0.4, 0.5) is 0 Å². The number of likely N-dealkylation sites (N-methyl/N-ethyl adjacent to an activating group) is 9. The van der Waals surface area contributed by atoms with E-state index in [9.17, 15) is 43.2 Å². The number of nitrogens with zero attached hydrogens (tertiary/aromatic N) is 10. The Morgan fingerprint density at radius 2 is 0.812 bits per heavy atom. The van der Waals surface area contributed by atoms with Crippen molar-refractivity contribution in [3.63, 3.8) is 0 Å². The van der Waals surface area contributed by atoms with Gasteiger partial charge >= 0.3 is 0 Å². The highest BCUT2D eigenvalue weighted by Gasteiger charge is 2.67. The zero-order chi connectivity index (χ0) is 93.0. The highest BCUT2D eigenvalue weighted by atomic mass is 16.5. The summed E-state index contributed by atoms with van der Waals surface area (Å²) in [6.07, 6.45) is 17.0. The largest absolute Gasteiger partial charge is 0.489 e. The third kappa shape index (κ3) is 26.9. The summed E-state index contributed by atoms with van der Waals surface area (Å²) in [5.41, 5.74) is 7.48. The molecule has 3 aliphatic carbocycles. The summed E-state index contributed by atoms with van der Waals surface area (Å²) in [6.45, 7) is 29.0. The molecular formula is C105H151N11O12. The van der Waals surface area contributed by atoms with Crippen LogP contribution in [0.15, 0.2) is 152 Å². The molecule has 7 saturated heterocycles. The molecular weight excluding hydrogens is 1610 g/mol. The van der Waals surface area contributed by atoms with Crippen LogP contribution in [-0.4, -0.2) is 288 Å². The summed E-state index contributed by atoms with van der Waals surface area (Å²) in [5, 5.41) is 0. The quantitative estimate of drug-likeness (QED) is 0.0841. The van der Waals surface area contributed by atoms with E-state index < -0.39 is 0 Å². The normalized spacial score (nSPS) is 29.6. The van der Waals surface area contributed by atoms with E-state index in [1.165, 1.54) is 60.8 Å². The summed E-state index contributed by atoms with van der Waals surface area (Å²) in [5.74, 6) is 8.74. The monoisotopic (exact) mass is 1760 g/mol. The van der Waals surface area contributed by atoms with Gasteiger partial charge in [-0.3, -0.25) is 87.3 Å². The third-order valence-corrected chi connectivity index (χ3v) is 29.7. The van der Waals surface area contributed by atoms with Crippen molar-refractivity contribution in [2.45, 2.75) is 258 Å². The molecule has 9 aliphatic heterocycles. The van der Waals surface area contributed by atoms with Crippen LogP contribution in [0.2, 0.25) is 0 Å². The maximum absolute atomic E-state index is 11.9. The number of piperidine rings is 1. The minimum absolute atomic E-state index is 0.01000. The van der Waals surface area contributed by atoms with E-state index in [4.69, 9.17) is 14.2 Å². The molecule has 18 rings (SSSR count). The van der Waals surface area contributed by atoms with Crippen molar-refractivity contribution in [2.24, 2.45) is 40.9 Å². The molecule has 1 N–H and O–H groups in total. The number of ether oxygens (including phenoxy) is 3. The molecule has 0 radical (unpaired) electrons. The molecule has 23 nitrogen and oxygen atoms in total. The summed E-state index contributed by atoms with van der Waals surface area (Å²) in [7, 11) is 18.2. The molecule has 12 aliphatic rings. The standard InChI is InChI=1S/C14H19NO2.C14H19NO.2C13H17NO2.C12H15NO.3C10H17NO.C9H13N3O/c1-11(16)14-8-13(9-15(14)2)17-10-12-6-4-3-5-7-12;1-12(16)14(9-6-10-15(14)2)11-13-7-4-3-5-8-13;2*1-10(15)13-8-12(9-14(13)2)16-11-6-4-3-5-7-11;1-9(14)12-7-10-5-3-4-6-11(10)8-13(12)2;1-6(12)9-8-7(5-11(9)4)10(8,2)3;2*1-7(12)10-9-5-3-4-8(9)6-11(10)2;1-6(13)9-3-7-8(4-12(9)2)11-5-10-7/h3-7,13-14H,8-10H2,1-2H3;3-5,7-8H,6,9-11H2,1-2H3;2*3-7,12-13H,8-9H2,1-2H3;3-6,12H,7-8H2,1-2H3;7-9H,5H2,1-4H3;2*8-10H,3-6H2,1-2H3;5,9H,3-4H2,1-2H3,(H,10,11)/t13-,14-;14-;12-,13+;12-,13-;12-;7-,8-,9-;8-,9-,10+;8-,9-,10-;9-/m011001010/s1.